The molecular formula is C16H23N3O2. The van der Waals surface area contributed by atoms with Crippen molar-refractivity contribution in [2.75, 3.05) is 11.9 Å². The molecule has 1 fully saturated rings. The Morgan fingerprint density at radius 3 is 2.95 bits per heavy atom. The van der Waals surface area contributed by atoms with Crippen molar-refractivity contribution >= 4 is 11.6 Å². The first-order chi connectivity index (χ1) is 10.3. The second-order valence-electron chi connectivity index (χ2n) is 5.81. The first kappa shape index (κ1) is 14.4. The summed E-state index contributed by atoms with van der Waals surface area (Å²) < 4.78 is 6.25. The van der Waals surface area contributed by atoms with Gasteiger partial charge in [-0.25, -0.2) is 0 Å². The number of carbonyl (C=O) groups excluding carboxylic acids is 1. The van der Waals surface area contributed by atoms with Gasteiger partial charge in [0.1, 0.15) is 5.75 Å². The van der Waals surface area contributed by atoms with Crippen molar-refractivity contribution in [2.45, 2.75) is 50.7 Å². The largest absolute Gasteiger partial charge is 0.474 e. The number of nitrogens with one attached hydrogen (secondary N) is 3. The summed E-state index contributed by atoms with van der Waals surface area (Å²) in [5.41, 5.74) is 6.29. The SMILES string of the molecule is CCCCCC1(C2CCNN2)Oc2ccccc2NC1=O. The molecule has 3 rings (SSSR count). The van der Waals surface area contributed by atoms with Crippen LogP contribution in [-0.2, 0) is 4.79 Å². The number of para-hydroxylation sites is 2. The van der Waals surface area contributed by atoms with E-state index in [1.54, 1.807) is 0 Å². The number of benzene rings is 1. The Balaban J connectivity index is 1.89. The summed E-state index contributed by atoms with van der Waals surface area (Å²) in [6, 6.07) is 7.65. The Labute approximate surface area is 125 Å². The molecule has 1 aromatic carbocycles. The van der Waals surface area contributed by atoms with Crippen molar-refractivity contribution in [2.24, 2.45) is 0 Å². The van der Waals surface area contributed by atoms with Crippen LogP contribution in [0.5, 0.6) is 5.75 Å². The third kappa shape index (κ3) is 2.63. The van der Waals surface area contributed by atoms with E-state index < -0.39 is 5.60 Å². The number of rotatable bonds is 5. The van der Waals surface area contributed by atoms with Crippen molar-refractivity contribution in [3.63, 3.8) is 0 Å². The minimum Gasteiger partial charge on any atom is -0.474 e. The molecule has 2 unspecified atom stereocenters. The highest BCUT2D eigenvalue weighted by molar-refractivity contribution is 6.01. The third-order valence-electron chi connectivity index (χ3n) is 4.36. The average molecular weight is 289 g/mol. The zero-order valence-corrected chi connectivity index (χ0v) is 12.4. The molecule has 1 amide bonds. The molecule has 1 aromatic rings. The van der Waals surface area contributed by atoms with Crippen LogP contribution in [0.3, 0.4) is 0 Å². The topological polar surface area (TPSA) is 62.4 Å². The smallest absolute Gasteiger partial charge is 0.270 e. The van der Waals surface area contributed by atoms with Gasteiger partial charge in [0.2, 0.25) is 5.60 Å². The van der Waals surface area contributed by atoms with Gasteiger partial charge < -0.3 is 10.1 Å². The lowest BCUT2D eigenvalue weighted by molar-refractivity contribution is -0.136. The fraction of sp³-hybridized carbons (Fsp3) is 0.562. The van der Waals surface area contributed by atoms with E-state index in [-0.39, 0.29) is 11.9 Å². The van der Waals surface area contributed by atoms with E-state index in [1.807, 2.05) is 24.3 Å². The molecule has 0 aromatic heterocycles. The van der Waals surface area contributed by atoms with Crippen molar-refractivity contribution in [1.29, 1.82) is 0 Å². The number of anilines is 1. The molecule has 0 saturated carbocycles. The predicted molar refractivity (Wildman–Crippen MR) is 82.1 cm³/mol. The Morgan fingerprint density at radius 1 is 1.33 bits per heavy atom. The van der Waals surface area contributed by atoms with Crippen LogP contribution in [0.2, 0.25) is 0 Å². The molecule has 114 valence electrons. The van der Waals surface area contributed by atoms with Crippen molar-refractivity contribution in [3.05, 3.63) is 24.3 Å². The second-order valence-corrected chi connectivity index (χ2v) is 5.81. The van der Waals surface area contributed by atoms with Crippen LogP contribution in [0.1, 0.15) is 39.0 Å². The van der Waals surface area contributed by atoms with Crippen LogP contribution in [-0.4, -0.2) is 24.1 Å². The van der Waals surface area contributed by atoms with Crippen LogP contribution < -0.4 is 20.9 Å². The lowest BCUT2D eigenvalue weighted by atomic mass is 9.84. The zero-order chi connectivity index (χ0) is 14.7. The molecule has 5 heteroatoms. The number of hydrazine groups is 1. The van der Waals surface area contributed by atoms with Crippen LogP contribution in [0.25, 0.3) is 0 Å². The maximum Gasteiger partial charge on any atom is 0.270 e. The molecule has 5 nitrogen and oxygen atoms in total. The Hall–Kier alpha value is -1.59. The van der Waals surface area contributed by atoms with Gasteiger partial charge in [0.05, 0.1) is 11.7 Å². The fourth-order valence-electron chi connectivity index (χ4n) is 3.17. The van der Waals surface area contributed by atoms with Gasteiger partial charge in [-0.15, -0.1) is 0 Å². The molecule has 0 spiro atoms. The van der Waals surface area contributed by atoms with E-state index in [0.717, 1.165) is 50.1 Å². The number of carbonyl (C=O) groups is 1. The first-order valence-corrected chi connectivity index (χ1v) is 7.84. The van der Waals surface area contributed by atoms with E-state index in [9.17, 15) is 4.79 Å². The van der Waals surface area contributed by atoms with Gasteiger partial charge in [-0.1, -0.05) is 31.9 Å². The number of amides is 1. The van der Waals surface area contributed by atoms with E-state index in [2.05, 4.69) is 23.1 Å². The number of fused-ring (bicyclic) bond motifs is 1. The van der Waals surface area contributed by atoms with Gasteiger partial charge in [-0.2, -0.15) is 0 Å². The first-order valence-electron chi connectivity index (χ1n) is 7.84. The number of hydrogen-bond acceptors (Lipinski definition) is 4. The van der Waals surface area contributed by atoms with E-state index >= 15 is 0 Å². The van der Waals surface area contributed by atoms with Crippen molar-refractivity contribution in [3.8, 4) is 5.75 Å². The highest BCUT2D eigenvalue weighted by Crippen LogP contribution is 2.38. The molecule has 0 aliphatic carbocycles. The fourth-order valence-corrected chi connectivity index (χ4v) is 3.17. The van der Waals surface area contributed by atoms with E-state index in [4.69, 9.17) is 4.74 Å². The third-order valence-corrected chi connectivity index (χ3v) is 4.36. The summed E-state index contributed by atoms with van der Waals surface area (Å²) in [5.74, 6) is 0.737. The van der Waals surface area contributed by atoms with Crippen molar-refractivity contribution in [1.82, 2.24) is 10.9 Å². The highest BCUT2D eigenvalue weighted by Gasteiger charge is 2.51. The summed E-state index contributed by atoms with van der Waals surface area (Å²) in [6.45, 7) is 3.03. The summed E-state index contributed by atoms with van der Waals surface area (Å²) in [4.78, 5) is 12.8. The molecule has 21 heavy (non-hydrogen) atoms. The lowest BCUT2D eigenvalue weighted by Gasteiger charge is -2.41. The average Bonchev–Trinajstić information content (AvgIpc) is 3.02. The molecule has 2 aliphatic heterocycles. The van der Waals surface area contributed by atoms with Gasteiger partial charge in [-0.3, -0.25) is 15.6 Å². The molecule has 2 aliphatic rings. The van der Waals surface area contributed by atoms with Crippen LogP contribution in [0, 0.1) is 0 Å². The van der Waals surface area contributed by atoms with Crippen LogP contribution in [0.4, 0.5) is 5.69 Å². The predicted octanol–water partition coefficient (Wildman–Crippen LogP) is 2.20. The van der Waals surface area contributed by atoms with Crippen molar-refractivity contribution < 1.29 is 9.53 Å². The van der Waals surface area contributed by atoms with E-state index in [1.165, 1.54) is 0 Å². The Kier molecular flexibility index (Phi) is 4.12. The number of hydrogen-bond donors (Lipinski definition) is 3. The van der Waals surface area contributed by atoms with Gasteiger partial charge in [0, 0.05) is 6.54 Å². The summed E-state index contributed by atoms with van der Waals surface area (Å²) >= 11 is 0. The van der Waals surface area contributed by atoms with E-state index in [0.29, 0.717) is 0 Å². The number of ether oxygens (including phenoxy) is 1. The Bertz CT molecular complexity index is 514. The monoisotopic (exact) mass is 289 g/mol. The molecule has 2 atom stereocenters. The number of unbranched alkanes of at least 4 members (excludes halogenated alkanes) is 2. The molecule has 1 saturated heterocycles. The Morgan fingerprint density at radius 2 is 2.19 bits per heavy atom. The summed E-state index contributed by atoms with van der Waals surface area (Å²) in [6.07, 6.45) is 4.86. The van der Waals surface area contributed by atoms with Crippen LogP contribution >= 0.6 is 0 Å². The molecule has 3 N–H and O–H groups in total. The summed E-state index contributed by atoms with van der Waals surface area (Å²) in [5, 5.41) is 3.02. The van der Waals surface area contributed by atoms with Gasteiger partial charge in [0.15, 0.2) is 0 Å². The zero-order valence-electron chi connectivity index (χ0n) is 12.4. The molecule has 2 heterocycles. The maximum atomic E-state index is 12.8. The molecule has 0 radical (unpaired) electrons. The molecular weight excluding hydrogens is 266 g/mol. The molecule has 0 bridgehead atoms. The minimum absolute atomic E-state index is 0.00251. The quantitative estimate of drug-likeness (QED) is 0.727. The normalized spacial score (nSPS) is 27.9. The van der Waals surface area contributed by atoms with Crippen LogP contribution in [0.15, 0.2) is 24.3 Å². The van der Waals surface area contributed by atoms with Gasteiger partial charge in [0.25, 0.3) is 5.91 Å². The van der Waals surface area contributed by atoms with Gasteiger partial charge >= 0.3 is 0 Å². The minimum atomic E-state index is -0.812. The highest BCUT2D eigenvalue weighted by atomic mass is 16.5. The van der Waals surface area contributed by atoms with Gasteiger partial charge in [-0.05, 0) is 31.4 Å². The standard InChI is InChI=1S/C16H23N3O2/c1-2-3-6-10-16(14-9-11-17-19-14)15(20)18-12-7-4-5-8-13(12)21-16/h4-5,7-8,14,17,19H,2-3,6,9-11H2,1H3,(H,18,20). The summed E-state index contributed by atoms with van der Waals surface area (Å²) in [7, 11) is 0. The lowest BCUT2D eigenvalue weighted by Crippen LogP contribution is -2.62. The maximum absolute atomic E-state index is 12.8. The second kappa shape index (κ2) is 6.03.